The molecule has 0 radical (unpaired) electrons. The molecule has 4 unspecified atom stereocenters. The van der Waals surface area contributed by atoms with Crippen molar-refractivity contribution >= 4 is 40.7 Å². The normalized spacial score (nSPS) is 25.0. The molecule has 2 heterocycles. The number of rotatable bonds is 5. The van der Waals surface area contributed by atoms with Crippen LogP contribution in [0.15, 0.2) is 48.5 Å². The molecule has 2 saturated heterocycles. The Hall–Kier alpha value is -3.30. The second kappa shape index (κ2) is 8.83. The number of halogens is 1. The van der Waals surface area contributed by atoms with Crippen LogP contribution in [0.1, 0.15) is 6.42 Å². The number of methoxy groups -OCH3 is 1. The van der Waals surface area contributed by atoms with Gasteiger partial charge in [-0.2, -0.15) is 0 Å². The lowest BCUT2D eigenvalue weighted by atomic mass is 9.81. The summed E-state index contributed by atoms with van der Waals surface area (Å²) in [7, 11) is 1.58. The maximum absolute atomic E-state index is 12.9. The monoisotopic (exact) mass is 443 g/mol. The van der Waals surface area contributed by atoms with E-state index >= 15 is 0 Å². The topological polar surface area (TPSA) is 121 Å². The lowest BCUT2D eigenvalue weighted by Crippen LogP contribution is -2.72. The zero-order valence-electron chi connectivity index (χ0n) is 16.6. The van der Waals surface area contributed by atoms with Gasteiger partial charge in [0.2, 0.25) is 17.7 Å². The number of carbonyl (C=O) groups is 3. The Morgan fingerprint density at radius 2 is 1.84 bits per heavy atom. The molecule has 2 aromatic rings. The van der Waals surface area contributed by atoms with Crippen molar-refractivity contribution in [2.75, 3.05) is 17.7 Å². The van der Waals surface area contributed by atoms with Crippen LogP contribution in [0.2, 0.25) is 5.02 Å². The van der Waals surface area contributed by atoms with Gasteiger partial charge in [-0.05, 0) is 36.4 Å². The molecule has 3 amide bonds. The van der Waals surface area contributed by atoms with Crippen molar-refractivity contribution in [3.63, 3.8) is 0 Å². The Bertz CT molecular complexity index is 1000. The molecule has 31 heavy (non-hydrogen) atoms. The fraction of sp³-hybridized carbons (Fsp3) is 0.286. The third-order valence-electron chi connectivity index (χ3n) is 5.32. The van der Waals surface area contributed by atoms with Crippen molar-refractivity contribution in [2.45, 2.75) is 18.9 Å². The van der Waals surface area contributed by atoms with Crippen LogP contribution in [-0.4, -0.2) is 37.3 Å². The minimum atomic E-state index is -0.843. The molecular weight excluding hydrogens is 422 g/mol. The molecule has 0 saturated carbocycles. The molecule has 2 aliphatic heterocycles. The van der Waals surface area contributed by atoms with E-state index in [0.29, 0.717) is 16.5 Å². The number of ether oxygens (including phenoxy) is 1. The van der Waals surface area contributed by atoms with Gasteiger partial charge in [0.25, 0.3) is 0 Å². The summed E-state index contributed by atoms with van der Waals surface area (Å²) in [5.41, 5.74) is 1.17. The standard InChI is InChI=1S/C21H22ClN5O4/c1-31-12-8-6-11(7-9-12)23-21-26-18-17(20(30)27-21)13(10-16(28)25-18)19(29)24-15-5-3-2-4-14(15)22/h2-9,13,17-18,21,23,26H,10H2,1H3,(H,24,29)(H,25,28)(H,27,30). The summed E-state index contributed by atoms with van der Waals surface area (Å²) >= 11 is 6.12. The molecule has 10 heteroatoms. The van der Waals surface area contributed by atoms with E-state index in [-0.39, 0.29) is 18.2 Å². The maximum atomic E-state index is 12.9. The predicted molar refractivity (Wildman–Crippen MR) is 115 cm³/mol. The molecule has 5 N–H and O–H groups in total. The van der Waals surface area contributed by atoms with Crippen LogP contribution < -0.4 is 31.3 Å². The van der Waals surface area contributed by atoms with Crippen LogP contribution >= 0.6 is 11.6 Å². The fourth-order valence-electron chi connectivity index (χ4n) is 3.80. The van der Waals surface area contributed by atoms with Crippen molar-refractivity contribution in [3.8, 4) is 5.75 Å². The number of hydrogen-bond acceptors (Lipinski definition) is 6. The maximum Gasteiger partial charge on any atom is 0.229 e. The van der Waals surface area contributed by atoms with Crippen LogP contribution in [0.4, 0.5) is 11.4 Å². The molecule has 4 rings (SSSR count). The van der Waals surface area contributed by atoms with Crippen molar-refractivity contribution in [1.29, 1.82) is 0 Å². The van der Waals surface area contributed by atoms with E-state index in [9.17, 15) is 14.4 Å². The Morgan fingerprint density at radius 3 is 2.55 bits per heavy atom. The third-order valence-corrected chi connectivity index (χ3v) is 5.65. The highest BCUT2D eigenvalue weighted by Gasteiger charge is 2.48. The smallest absolute Gasteiger partial charge is 0.229 e. The zero-order valence-corrected chi connectivity index (χ0v) is 17.4. The van der Waals surface area contributed by atoms with E-state index in [4.69, 9.17) is 16.3 Å². The third kappa shape index (κ3) is 4.57. The van der Waals surface area contributed by atoms with Gasteiger partial charge in [-0.1, -0.05) is 23.7 Å². The molecule has 0 bridgehead atoms. The highest BCUT2D eigenvalue weighted by Crippen LogP contribution is 2.29. The number of benzene rings is 2. The first-order valence-corrected chi connectivity index (χ1v) is 10.1. The minimum absolute atomic E-state index is 0.0941. The summed E-state index contributed by atoms with van der Waals surface area (Å²) in [6.45, 7) is 0. The van der Waals surface area contributed by atoms with Crippen LogP contribution in [-0.2, 0) is 14.4 Å². The SMILES string of the molecule is COc1ccc(NC2NC(=O)C3C(NC(=O)CC3C(=O)Nc3ccccc3Cl)N2)cc1. The molecule has 2 aliphatic rings. The molecule has 0 aliphatic carbocycles. The molecule has 9 nitrogen and oxygen atoms in total. The van der Waals surface area contributed by atoms with Gasteiger partial charge in [-0.3, -0.25) is 19.7 Å². The number of anilines is 2. The Balaban J connectivity index is 1.47. The Labute approximate surface area is 183 Å². The Morgan fingerprint density at radius 1 is 1.10 bits per heavy atom. The summed E-state index contributed by atoms with van der Waals surface area (Å²) < 4.78 is 5.14. The quantitative estimate of drug-likeness (QED) is 0.477. The lowest BCUT2D eigenvalue weighted by molar-refractivity contribution is -0.144. The van der Waals surface area contributed by atoms with Crippen LogP contribution in [0, 0.1) is 11.8 Å². The number of nitrogens with one attached hydrogen (secondary N) is 5. The first-order chi connectivity index (χ1) is 14.9. The van der Waals surface area contributed by atoms with Gasteiger partial charge in [-0.15, -0.1) is 0 Å². The predicted octanol–water partition coefficient (Wildman–Crippen LogP) is 1.48. The number of para-hydroxylation sites is 1. The molecule has 0 aromatic heterocycles. The van der Waals surface area contributed by atoms with E-state index in [1.807, 2.05) is 0 Å². The molecule has 0 spiro atoms. The molecule has 2 fully saturated rings. The number of piperidine rings is 1. The summed E-state index contributed by atoms with van der Waals surface area (Å²) in [4.78, 5) is 38.1. The largest absolute Gasteiger partial charge is 0.497 e. The summed E-state index contributed by atoms with van der Waals surface area (Å²) in [6, 6.07) is 14.0. The average Bonchev–Trinajstić information content (AvgIpc) is 2.75. The van der Waals surface area contributed by atoms with E-state index in [2.05, 4.69) is 26.6 Å². The van der Waals surface area contributed by atoms with E-state index < -0.39 is 30.2 Å². The van der Waals surface area contributed by atoms with Crippen LogP contribution in [0.3, 0.4) is 0 Å². The minimum Gasteiger partial charge on any atom is -0.497 e. The van der Waals surface area contributed by atoms with E-state index in [0.717, 1.165) is 5.69 Å². The summed E-state index contributed by atoms with van der Waals surface area (Å²) in [6.07, 6.45) is -1.43. The van der Waals surface area contributed by atoms with Crippen molar-refractivity contribution < 1.29 is 19.1 Å². The molecule has 2 aromatic carbocycles. The first-order valence-electron chi connectivity index (χ1n) is 9.76. The Kier molecular flexibility index (Phi) is 5.97. The van der Waals surface area contributed by atoms with Gasteiger partial charge in [0, 0.05) is 12.1 Å². The van der Waals surface area contributed by atoms with E-state index in [1.165, 1.54) is 0 Å². The van der Waals surface area contributed by atoms with Gasteiger partial charge >= 0.3 is 0 Å². The number of amides is 3. The van der Waals surface area contributed by atoms with Crippen molar-refractivity contribution in [1.82, 2.24) is 16.0 Å². The molecular formula is C21H22ClN5O4. The van der Waals surface area contributed by atoms with Gasteiger partial charge in [0.05, 0.1) is 35.8 Å². The van der Waals surface area contributed by atoms with Crippen molar-refractivity contribution in [3.05, 3.63) is 53.6 Å². The highest BCUT2D eigenvalue weighted by atomic mass is 35.5. The van der Waals surface area contributed by atoms with Crippen LogP contribution in [0.25, 0.3) is 0 Å². The molecule has 4 atom stereocenters. The molecule has 162 valence electrons. The number of fused-ring (bicyclic) bond motifs is 1. The van der Waals surface area contributed by atoms with Gasteiger partial charge in [0.15, 0.2) is 6.29 Å². The second-order valence-electron chi connectivity index (χ2n) is 7.33. The zero-order chi connectivity index (χ0) is 22.0. The van der Waals surface area contributed by atoms with Crippen molar-refractivity contribution in [2.24, 2.45) is 11.8 Å². The first kappa shape index (κ1) is 21.0. The second-order valence-corrected chi connectivity index (χ2v) is 7.74. The summed E-state index contributed by atoms with van der Waals surface area (Å²) in [5, 5.41) is 15.0. The van der Waals surface area contributed by atoms with Gasteiger partial charge in [0.1, 0.15) is 5.75 Å². The average molecular weight is 444 g/mol. The number of hydrogen-bond donors (Lipinski definition) is 5. The summed E-state index contributed by atoms with van der Waals surface area (Å²) in [5.74, 6) is -1.99. The lowest BCUT2D eigenvalue weighted by Gasteiger charge is -2.43. The van der Waals surface area contributed by atoms with Crippen LogP contribution in [0.5, 0.6) is 5.75 Å². The van der Waals surface area contributed by atoms with Gasteiger partial charge < -0.3 is 26.0 Å². The fourth-order valence-corrected chi connectivity index (χ4v) is 3.98. The van der Waals surface area contributed by atoms with E-state index in [1.54, 1.807) is 55.6 Å². The number of carbonyl (C=O) groups excluding carboxylic acids is 3. The highest BCUT2D eigenvalue weighted by molar-refractivity contribution is 6.33. The van der Waals surface area contributed by atoms with Gasteiger partial charge in [-0.25, -0.2) is 0 Å².